The first-order valence-corrected chi connectivity index (χ1v) is 9.13. The molecule has 0 amide bonds. The molecule has 8 heteroatoms. The maximum absolute atomic E-state index is 13.4. The molecule has 1 aromatic carbocycles. The Morgan fingerprint density at radius 3 is 2.30 bits per heavy atom. The lowest BCUT2D eigenvalue weighted by Gasteiger charge is -2.52. The summed E-state index contributed by atoms with van der Waals surface area (Å²) in [5.41, 5.74) is 0.323. The van der Waals surface area contributed by atoms with Crippen LogP contribution in [0.15, 0.2) is 22.7 Å². The third kappa shape index (κ3) is 3.30. The van der Waals surface area contributed by atoms with Gasteiger partial charge in [-0.1, -0.05) is 5.16 Å². The van der Waals surface area contributed by atoms with Crippen LogP contribution < -0.4 is 5.32 Å². The van der Waals surface area contributed by atoms with Crippen molar-refractivity contribution >= 4 is 5.69 Å². The average molecular weight is 383 g/mol. The molecule has 3 aliphatic rings. The van der Waals surface area contributed by atoms with Gasteiger partial charge in [-0.15, -0.1) is 0 Å². The molecular weight excluding hydrogens is 362 g/mol. The van der Waals surface area contributed by atoms with Crippen LogP contribution in [0.1, 0.15) is 57.2 Å². The summed E-state index contributed by atoms with van der Waals surface area (Å²) in [7, 11) is 0. The summed E-state index contributed by atoms with van der Waals surface area (Å²) in [6, 6.07) is 3.80. The van der Waals surface area contributed by atoms with Gasteiger partial charge in [0.05, 0.1) is 0 Å². The maximum atomic E-state index is 13.4. The van der Waals surface area contributed by atoms with E-state index in [1.807, 2.05) is 0 Å². The first-order valence-electron chi connectivity index (χ1n) is 9.13. The highest BCUT2D eigenvalue weighted by Gasteiger charge is 2.52. The number of alkyl halides is 2. The van der Waals surface area contributed by atoms with Gasteiger partial charge in [0.15, 0.2) is 17.5 Å². The Hall–Kier alpha value is -2.12. The Labute approximate surface area is 154 Å². The zero-order valence-corrected chi connectivity index (χ0v) is 15.0. The molecular formula is C19H21F4N3O. The van der Waals surface area contributed by atoms with Gasteiger partial charge in [-0.05, 0) is 62.1 Å². The molecule has 0 radical (unpaired) electrons. The smallest absolute Gasteiger partial charge is 0.322 e. The second-order valence-electron chi connectivity index (χ2n) is 8.07. The van der Waals surface area contributed by atoms with Crippen LogP contribution >= 0.6 is 0 Å². The molecule has 0 unspecified atom stereocenters. The molecule has 0 spiro atoms. The predicted octanol–water partition coefficient (Wildman–Crippen LogP) is 5.16. The lowest BCUT2D eigenvalue weighted by atomic mass is 9.53. The highest BCUT2D eigenvalue weighted by Crippen LogP contribution is 2.57. The maximum Gasteiger partial charge on any atom is 0.322 e. The van der Waals surface area contributed by atoms with Crippen molar-refractivity contribution in [3.63, 3.8) is 0 Å². The van der Waals surface area contributed by atoms with E-state index in [2.05, 4.69) is 15.5 Å². The predicted molar refractivity (Wildman–Crippen MR) is 90.5 cm³/mol. The second kappa shape index (κ2) is 6.21. The molecule has 3 fully saturated rings. The first kappa shape index (κ1) is 18.3. The molecule has 3 saturated carbocycles. The van der Waals surface area contributed by atoms with Gasteiger partial charge in [0.2, 0.25) is 0 Å². The van der Waals surface area contributed by atoms with Gasteiger partial charge in [0.25, 0.3) is 5.89 Å². The van der Waals surface area contributed by atoms with E-state index >= 15 is 0 Å². The van der Waals surface area contributed by atoms with E-state index in [0.717, 1.165) is 57.6 Å². The number of rotatable bonds is 5. The summed E-state index contributed by atoms with van der Waals surface area (Å²) < 4.78 is 58.0. The van der Waals surface area contributed by atoms with E-state index in [-0.39, 0.29) is 10.8 Å². The lowest BCUT2D eigenvalue weighted by Crippen LogP contribution is -2.47. The molecule has 0 atom stereocenters. The molecule has 146 valence electrons. The first-order chi connectivity index (χ1) is 12.7. The molecule has 27 heavy (non-hydrogen) atoms. The van der Waals surface area contributed by atoms with Crippen molar-refractivity contribution in [3.8, 4) is 0 Å². The molecule has 0 saturated heterocycles. The van der Waals surface area contributed by atoms with Gasteiger partial charge in [-0.2, -0.15) is 13.8 Å². The zero-order chi connectivity index (χ0) is 19.3. The minimum atomic E-state index is -3.14. The Kier molecular flexibility index (Phi) is 4.20. The molecule has 4 nitrogen and oxygen atoms in total. The van der Waals surface area contributed by atoms with E-state index in [9.17, 15) is 17.6 Å². The van der Waals surface area contributed by atoms with E-state index in [1.54, 1.807) is 0 Å². The third-order valence-electron chi connectivity index (χ3n) is 6.26. The number of anilines is 1. The fraction of sp³-hybridized carbons (Fsp3) is 0.579. The quantitative estimate of drug-likeness (QED) is 0.725. The average Bonchev–Trinajstić information content (AvgIpc) is 3.16. The zero-order valence-electron chi connectivity index (χ0n) is 15.0. The van der Waals surface area contributed by atoms with Crippen molar-refractivity contribution in [1.29, 1.82) is 0 Å². The van der Waals surface area contributed by atoms with Gasteiger partial charge >= 0.3 is 5.92 Å². The molecule has 1 heterocycles. The van der Waals surface area contributed by atoms with Gasteiger partial charge in [0, 0.05) is 24.6 Å². The number of hydrogen-bond donors (Lipinski definition) is 1. The Morgan fingerprint density at radius 2 is 1.74 bits per heavy atom. The Bertz CT molecular complexity index is 821. The van der Waals surface area contributed by atoms with E-state index in [0.29, 0.717) is 18.1 Å². The van der Waals surface area contributed by atoms with Crippen LogP contribution in [0.5, 0.6) is 0 Å². The van der Waals surface area contributed by atoms with Crippen molar-refractivity contribution in [2.24, 2.45) is 5.41 Å². The fourth-order valence-electron chi connectivity index (χ4n) is 4.38. The van der Waals surface area contributed by atoms with Crippen molar-refractivity contribution in [3.05, 3.63) is 41.5 Å². The number of fused-ring (bicyclic) bond motifs is 3. The third-order valence-corrected chi connectivity index (χ3v) is 6.26. The highest BCUT2D eigenvalue weighted by molar-refractivity contribution is 5.43. The van der Waals surface area contributed by atoms with Crippen LogP contribution in [0.3, 0.4) is 0 Å². The SMILES string of the molecule is CC(F)(F)c1nc(C23CCC(CNc4ccc(F)c(F)c4)(CC2)CC3)no1. The molecule has 5 rings (SSSR count). The topological polar surface area (TPSA) is 51.0 Å². The van der Waals surface area contributed by atoms with Crippen molar-refractivity contribution in [1.82, 2.24) is 10.1 Å². The number of nitrogens with one attached hydrogen (secondary N) is 1. The normalized spacial score (nSPS) is 27.7. The van der Waals surface area contributed by atoms with Crippen molar-refractivity contribution < 1.29 is 22.1 Å². The molecule has 1 aromatic heterocycles. The van der Waals surface area contributed by atoms with Gasteiger partial charge in [-0.3, -0.25) is 0 Å². The number of benzene rings is 1. The standard InChI is InChI=1S/C19H21F4N3O/c1-17(22,23)16-25-15(26-27-16)19-7-4-18(5-8-19,6-9-19)11-24-12-2-3-13(20)14(21)10-12/h2-3,10,24H,4-9,11H2,1H3. The summed E-state index contributed by atoms with van der Waals surface area (Å²) in [5, 5.41) is 7.07. The van der Waals surface area contributed by atoms with Crippen LogP contribution in [0.25, 0.3) is 0 Å². The van der Waals surface area contributed by atoms with Crippen LogP contribution in [0, 0.1) is 17.0 Å². The molecule has 3 aliphatic carbocycles. The van der Waals surface area contributed by atoms with Crippen LogP contribution in [-0.2, 0) is 11.3 Å². The Morgan fingerprint density at radius 1 is 1.07 bits per heavy atom. The monoisotopic (exact) mass is 383 g/mol. The molecule has 2 aromatic rings. The highest BCUT2D eigenvalue weighted by atomic mass is 19.3. The summed E-state index contributed by atoms with van der Waals surface area (Å²) in [4.78, 5) is 3.99. The summed E-state index contributed by atoms with van der Waals surface area (Å²) in [6.45, 7) is 1.41. The number of nitrogens with zero attached hydrogens (tertiary/aromatic N) is 2. The van der Waals surface area contributed by atoms with Gasteiger partial charge in [0.1, 0.15) is 0 Å². The van der Waals surface area contributed by atoms with Crippen molar-refractivity contribution in [2.75, 3.05) is 11.9 Å². The van der Waals surface area contributed by atoms with E-state index < -0.39 is 23.4 Å². The minimum Gasteiger partial charge on any atom is -0.384 e. The number of hydrogen-bond acceptors (Lipinski definition) is 4. The van der Waals surface area contributed by atoms with Gasteiger partial charge < -0.3 is 9.84 Å². The minimum absolute atomic E-state index is 0.0634. The number of aromatic nitrogens is 2. The van der Waals surface area contributed by atoms with Crippen LogP contribution in [0.4, 0.5) is 23.2 Å². The van der Waals surface area contributed by atoms with E-state index in [4.69, 9.17) is 4.52 Å². The number of halogens is 4. The van der Waals surface area contributed by atoms with E-state index in [1.165, 1.54) is 6.07 Å². The summed E-state index contributed by atoms with van der Waals surface area (Å²) in [5.74, 6) is -5.11. The molecule has 1 N–H and O–H groups in total. The molecule has 2 bridgehead atoms. The van der Waals surface area contributed by atoms with Crippen LogP contribution in [-0.4, -0.2) is 16.7 Å². The second-order valence-corrected chi connectivity index (χ2v) is 8.07. The van der Waals surface area contributed by atoms with Crippen molar-refractivity contribution in [2.45, 2.75) is 56.8 Å². The van der Waals surface area contributed by atoms with Gasteiger partial charge in [-0.25, -0.2) is 8.78 Å². The largest absolute Gasteiger partial charge is 0.384 e. The lowest BCUT2D eigenvalue weighted by molar-refractivity contribution is -0.0158. The Balaban J connectivity index is 1.43. The molecule has 0 aliphatic heterocycles. The summed E-state index contributed by atoms with van der Waals surface area (Å²) in [6.07, 6.45) is 5.12. The fourth-order valence-corrected chi connectivity index (χ4v) is 4.38. The summed E-state index contributed by atoms with van der Waals surface area (Å²) >= 11 is 0. The van der Waals surface area contributed by atoms with Crippen LogP contribution in [0.2, 0.25) is 0 Å².